The second kappa shape index (κ2) is 7.33. The number of aliphatic hydroxyl groups is 1. The lowest BCUT2D eigenvalue weighted by molar-refractivity contribution is -0.0154. The van der Waals surface area contributed by atoms with Gasteiger partial charge in [-0.05, 0) is 12.8 Å². The summed E-state index contributed by atoms with van der Waals surface area (Å²) in [4.78, 5) is 4.68. The van der Waals surface area contributed by atoms with Crippen molar-refractivity contribution in [3.05, 3.63) is 41.4 Å². The van der Waals surface area contributed by atoms with Crippen LogP contribution in [0.15, 0.2) is 35.7 Å². The minimum Gasteiger partial charge on any atom is -0.396 e. The van der Waals surface area contributed by atoms with Gasteiger partial charge in [-0.1, -0.05) is 30.3 Å². The summed E-state index contributed by atoms with van der Waals surface area (Å²) < 4.78 is 5.39. The van der Waals surface area contributed by atoms with Crippen molar-refractivity contribution in [1.29, 1.82) is 0 Å². The highest BCUT2D eigenvalue weighted by Gasteiger charge is 2.31. The molecule has 1 aliphatic rings. The van der Waals surface area contributed by atoms with Gasteiger partial charge in [0.1, 0.15) is 5.01 Å². The number of rotatable bonds is 6. The summed E-state index contributed by atoms with van der Waals surface area (Å²) in [5, 5.41) is 16.3. The Bertz CT molecular complexity index is 579. The molecule has 2 heterocycles. The molecule has 1 saturated heterocycles. The lowest BCUT2D eigenvalue weighted by atomic mass is 9.81. The van der Waals surface area contributed by atoms with Crippen LogP contribution in [-0.4, -0.2) is 36.5 Å². The molecule has 0 radical (unpaired) electrons. The highest BCUT2D eigenvalue weighted by molar-refractivity contribution is 7.13. The summed E-state index contributed by atoms with van der Waals surface area (Å²) in [5.41, 5.74) is 2.19. The molecule has 1 fully saturated rings. The number of aromatic nitrogens is 1. The van der Waals surface area contributed by atoms with E-state index in [9.17, 15) is 5.11 Å². The van der Waals surface area contributed by atoms with Crippen LogP contribution in [0.25, 0.3) is 10.6 Å². The molecule has 4 nitrogen and oxygen atoms in total. The average Bonchev–Trinajstić information content (AvgIpc) is 3.05. The number of benzene rings is 1. The molecule has 118 valence electrons. The van der Waals surface area contributed by atoms with E-state index in [2.05, 4.69) is 27.8 Å². The molecule has 1 aliphatic heterocycles. The van der Waals surface area contributed by atoms with Crippen molar-refractivity contribution in [3.63, 3.8) is 0 Å². The van der Waals surface area contributed by atoms with Crippen molar-refractivity contribution < 1.29 is 9.84 Å². The van der Waals surface area contributed by atoms with E-state index < -0.39 is 0 Å². The summed E-state index contributed by atoms with van der Waals surface area (Å²) in [6, 6.07) is 10.2. The molecule has 0 unspecified atom stereocenters. The molecule has 0 amide bonds. The van der Waals surface area contributed by atoms with Crippen LogP contribution in [0.4, 0.5) is 0 Å². The zero-order valence-electron chi connectivity index (χ0n) is 12.6. The first-order valence-electron chi connectivity index (χ1n) is 7.70. The zero-order chi connectivity index (χ0) is 15.3. The molecule has 3 rings (SSSR count). The van der Waals surface area contributed by atoms with Gasteiger partial charge in [0, 0.05) is 42.7 Å². The van der Waals surface area contributed by atoms with Crippen LogP contribution in [0, 0.1) is 5.41 Å². The van der Waals surface area contributed by atoms with E-state index in [4.69, 9.17) is 4.74 Å². The maximum Gasteiger partial charge on any atom is 0.123 e. The molecular formula is C17H22N2O2S. The van der Waals surface area contributed by atoms with Crippen LogP contribution in [-0.2, 0) is 11.3 Å². The smallest absolute Gasteiger partial charge is 0.123 e. The molecule has 5 heteroatoms. The Morgan fingerprint density at radius 2 is 2.00 bits per heavy atom. The molecular weight excluding hydrogens is 296 g/mol. The van der Waals surface area contributed by atoms with E-state index in [1.54, 1.807) is 11.3 Å². The van der Waals surface area contributed by atoms with Crippen LogP contribution < -0.4 is 5.32 Å². The summed E-state index contributed by atoms with van der Waals surface area (Å²) in [6.07, 6.45) is 1.84. The molecule has 2 N–H and O–H groups in total. The largest absolute Gasteiger partial charge is 0.396 e. The Hall–Kier alpha value is -1.27. The van der Waals surface area contributed by atoms with Crippen molar-refractivity contribution in [1.82, 2.24) is 10.3 Å². The average molecular weight is 318 g/mol. The molecule has 1 aromatic heterocycles. The van der Waals surface area contributed by atoms with Crippen molar-refractivity contribution >= 4 is 11.3 Å². The third-order valence-electron chi connectivity index (χ3n) is 4.27. The molecule has 0 bridgehead atoms. The first kappa shape index (κ1) is 15.6. The highest BCUT2D eigenvalue weighted by Crippen LogP contribution is 2.29. The predicted octanol–water partition coefficient (Wildman–Crippen LogP) is 2.69. The quantitative estimate of drug-likeness (QED) is 0.860. The van der Waals surface area contributed by atoms with Gasteiger partial charge in [0.05, 0.1) is 12.3 Å². The molecule has 22 heavy (non-hydrogen) atoms. The van der Waals surface area contributed by atoms with Gasteiger partial charge in [-0.15, -0.1) is 11.3 Å². The number of hydrogen-bond donors (Lipinski definition) is 2. The summed E-state index contributed by atoms with van der Waals surface area (Å²) in [7, 11) is 0. The first-order chi connectivity index (χ1) is 10.8. The third kappa shape index (κ3) is 3.73. The maximum atomic E-state index is 9.68. The SMILES string of the molecule is OCC1(CNCc2csc(-c3ccccc3)n2)CCOCC1. The fourth-order valence-electron chi connectivity index (χ4n) is 2.75. The van der Waals surface area contributed by atoms with E-state index in [1.165, 1.54) is 0 Å². The number of hydrogen-bond acceptors (Lipinski definition) is 5. The number of aliphatic hydroxyl groups excluding tert-OH is 1. The molecule has 0 saturated carbocycles. The minimum absolute atomic E-state index is 0.0312. The molecule has 0 aliphatic carbocycles. The summed E-state index contributed by atoms with van der Waals surface area (Å²) in [6.45, 7) is 3.26. The Kier molecular flexibility index (Phi) is 5.20. The second-order valence-corrected chi connectivity index (χ2v) is 6.74. The van der Waals surface area contributed by atoms with Gasteiger partial charge in [-0.25, -0.2) is 4.98 Å². The fourth-order valence-corrected chi connectivity index (χ4v) is 3.58. The zero-order valence-corrected chi connectivity index (χ0v) is 13.4. The van der Waals surface area contributed by atoms with Gasteiger partial charge in [0.2, 0.25) is 0 Å². The predicted molar refractivity (Wildman–Crippen MR) is 88.8 cm³/mol. The van der Waals surface area contributed by atoms with E-state index >= 15 is 0 Å². The Balaban J connectivity index is 1.55. The summed E-state index contributed by atoms with van der Waals surface area (Å²) >= 11 is 1.67. The lowest BCUT2D eigenvalue weighted by Gasteiger charge is -2.35. The first-order valence-corrected chi connectivity index (χ1v) is 8.58. The van der Waals surface area contributed by atoms with Gasteiger partial charge in [0.15, 0.2) is 0 Å². The van der Waals surface area contributed by atoms with Gasteiger partial charge in [0.25, 0.3) is 0 Å². The van der Waals surface area contributed by atoms with Crippen molar-refractivity contribution in [2.24, 2.45) is 5.41 Å². The molecule has 1 aromatic carbocycles. The monoisotopic (exact) mass is 318 g/mol. The number of thiazole rings is 1. The summed E-state index contributed by atoms with van der Waals surface area (Å²) in [5.74, 6) is 0. The van der Waals surface area contributed by atoms with Gasteiger partial charge >= 0.3 is 0 Å². The molecule has 2 aromatic rings. The van der Waals surface area contributed by atoms with Crippen LogP contribution in [0.5, 0.6) is 0 Å². The third-order valence-corrected chi connectivity index (χ3v) is 5.21. The number of nitrogens with zero attached hydrogens (tertiary/aromatic N) is 1. The number of nitrogens with one attached hydrogen (secondary N) is 1. The second-order valence-electron chi connectivity index (χ2n) is 5.88. The Morgan fingerprint density at radius 1 is 1.23 bits per heavy atom. The van der Waals surface area contributed by atoms with Crippen molar-refractivity contribution in [2.45, 2.75) is 19.4 Å². The van der Waals surface area contributed by atoms with Gasteiger partial charge in [-0.3, -0.25) is 0 Å². The van der Waals surface area contributed by atoms with Gasteiger partial charge in [-0.2, -0.15) is 0 Å². The Labute approximate surface area is 135 Å². The van der Waals surface area contributed by atoms with Crippen molar-refractivity contribution in [2.75, 3.05) is 26.4 Å². The van der Waals surface area contributed by atoms with E-state index in [0.29, 0.717) is 0 Å². The lowest BCUT2D eigenvalue weighted by Crippen LogP contribution is -2.41. The topological polar surface area (TPSA) is 54.4 Å². The normalized spacial score (nSPS) is 17.5. The van der Waals surface area contributed by atoms with Gasteiger partial charge < -0.3 is 15.2 Å². The molecule has 0 atom stereocenters. The number of ether oxygens (including phenoxy) is 1. The van der Waals surface area contributed by atoms with Crippen LogP contribution in [0.2, 0.25) is 0 Å². The van der Waals surface area contributed by atoms with Crippen molar-refractivity contribution in [3.8, 4) is 10.6 Å². The molecule has 0 spiro atoms. The van der Waals surface area contributed by atoms with Crippen LogP contribution >= 0.6 is 11.3 Å². The Morgan fingerprint density at radius 3 is 2.73 bits per heavy atom. The minimum atomic E-state index is -0.0312. The highest BCUT2D eigenvalue weighted by atomic mass is 32.1. The van der Waals surface area contributed by atoms with E-state index in [1.807, 2.05) is 18.2 Å². The standard InChI is InChI=1S/C17H22N2O2S/c20-13-17(6-8-21-9-7-17)12-18-10-15-11-22-16(19-15)14-4-2-1-3-5-14/h1-5,11,18,20H,6-10,12-13H2. The fraction of sp³-hybridized carbons (Fsp3) is 0.471. The van der Waals surface area contributed by atoms with E-state index in [0.717, 1.165) is 55.4 Å². The van der Waals surface area contributed by atoms with Crippen LogP contribution in [0.3, 0.4) is 0 Å². The van der Waals surface area contributed by atoms with E-state index in [-0.39, 0.29) is 12.0 Å². The van der Waals surface area contributed by atoms with Crippen LogP contribution in [0.1, 0.15) is 18.5 Å². The maximum absolute atomic E-state index is 9.68.